The van der Waals surface area contributed by atoms with Gasteiger partial charge in [-0.15, -0.1) is 5.10 Å². The molecule has 2 aliphatic rings. The maximum absolute atomic E-state index is 8.78. The van der Waals surface area contributed by atoms with Crippen LogP contribution in [0, 0.1) is 0 Å². The third-order valence-corrected chi connectivity index (χ3v) is 3.57. The van der Waals surface area contributed by atoms with Gasteiger partial charge in [-0.1, -0.05) is 5.21 Å². The maximum atomic E-state index is 8.78. The molecule has 2 saturated heterocycles. The Morgan fingerprint density at radius 3 is 3.18 bits per heavy atom. The first kappa shape index (κ1) is 11.1. The Balaban J connectivity index is 1.50. The minimum absolute atomic E-state index is 0.0937. The van der Waals surface area contributed by atoms with Crippen molar-refractivity contribution in [3.8, 4) is 0 Å². The average molecular weight is 238 g/mol. The standard InChI is InChI=1S/C11H18N4O2/c16-4-3-15-7-8(13-14-15)6-12-10-5-9-1-2-11(10)17-9/h7,9-12,16H,1-6H2. The Morgan fingerprint density at radius 2 is 2.47 bits per heavy atom. The molecule has 3 atom stereocenters. The molecular formula is C11H18N4O2. The van der Waals surface area contributed by atoms with Crippen molar-refractivity contribution in [3.05, 3.63) is 11.9 Å². The van der Waals surface area contributed by atoms with E-state index in [0.29, 0.717) is 24.8 Å². The highest BCUT2D eigenvalue weighted by Crippen LogP contribution is 2.34. The van der Waals surface area contributed by atoms with Crippen LogP contribution in [0.15, 0.2) is 6.20 Å². The van der Waals surface area contributed by atoms with Gasteiger partial charge in [-0.3, -0.25) is 0 Å². The lowest BCUT2D eigenvalue weighted by molar-refractivity contribution is 0.0972. The predicted octanol–water partition coefficient (Wildman–Crippen LogP) is -0.320. The molecule has 2 N–H and O–H groups in total. The molecule has 2 bridgehead atoms. The number of rotatable bonds is 5. The molecule has 94 valence electrons. The zero-order chi connectivity index (χ0) is 11.7. The molecule has 0 amide bonds. The number of hydrogen-bond acceptors (Lipinski definition) is 5. The number of nitrogens with one attached hydrogen (secondary N) is 1. The zero-order valence-corrected chi connectivity index (χ0v) is 9.75. The first-order chi connectivity index (χ1) is 8.35. The van der Waals surface area contributed by atoms with E-state index in [9.17, 15) is 0 Å². The van der Waals surface area contributed by atoms with E-state index in [1.165, 1.54) is 12.8 Å². The number of nitrogens with zero attached hydrogens (tertiary/aromatic N) is 3. The van der Waals surface area contributed by atoms with Crippen LogP contribution in [0.5, 0.6) is 0 Å². The normalized spacial score (nSPS) is 31.2. The van der Waals surface area contributed by atoms with Crippen LogP contribution in [0.2, 0.25) is 0 Å². The average Bonchev–Trinajstić information content (AvgIpc) is 3.02. The summed E-state index contributed by atoms with van der Waals surface area (Å²) in [5.41, 5.74) is 0.918. The van der Waals surface area contributed by atoms with E-state index in [0.717, 1.165) is 18.7 Å². The van der Waals surface area contributed by atoms with Crippen LogP contribution in [0.25, 0.3) is 0 Å². The van der Waals surface area contributed by atoms with Crippen molar-refractivity contribution in [2.75, 3.05) is 6.61 Å². The predicted molar refractivity (Wildman–Crippen MR) is 60.2 cm³/mol. The molecular weight excluding hydrogens is 220 g/mol. The third-order valence-electron chi connectivity index (χ3n) is 3.57. The van der Waals surface area contributed by atoms with Crippen molar-refractivity contribution >= 4 is 0 Å². The summed E-state index contributed by atoms with van der Waals surface area (Å²) in [4.78, 5) is 0. The summed E-state index contributed by atoms with van der Waals surface area (Å²) in [5.74, 6) is 0. The molecule has 3 unspecified atom stereocenters. The van der Waals surface area contributed by atoms with Crippen molar-refractivity contribution < 1.29 is 9.84 Å². The van der Waals surface area contributed by atoms with Gasteiger partial charge in [-0.2, -0.15) is 0 Å². The van der Waals surface area contributed by atoms with Crippen LogP contribution in [0.4, 0.5) is 0 Å². The number of aliphatic hydroxyl groups excluding tert-OH is 1. The minimum Gasteiger partial charge on any atom is -0.394 e. The molecule has 17 heavy (non-hydrogen) atoms. The summed E-state index contributed by atoms with van der Waals surface area (Å²) in [5, 5.41) is 20.3. The summed E-state index contributed by atoms with van der Waals surface area (Å²) in [7, 11) is 0. The highest BCUT2D eigenvalue weighted by molar-refractivity contribution is 4.97. The number of ether oxygens (including phenoxy) is 1. The molecule has 0 radical (unpaired) electrons. The second-order valence-corrected chi connectivity index (χ2v) is 4.79. The lowest BCUT2D eigenvalue weighted by Gasteiger charge is -2.19. The van der Waals surface area contributed by atoms with Gasteiger partial charge in [0.25, 0.3) is 0 Å². The van der Waals surface area contributed by atoms with E-state index in [1.807, 2.05) is 6.20 Å². The monoisotopic (exact) mass is 238 g/mol. The van der Waals surface area contributed by atoms with Crippen molar-refractivity contribution in [2.24, 2.45) is 0 Å². The van der Waals surface area contributed by atoms with Crippen molar-refractivity contribution in [1.29, 1.82) is 0 Å². The van der Waals surface area contributed by atoms with Crippen LogP contribution in [0.3, 0.4) is 0 Å². The van der Waals surface area contributed by atoms with Crippen molar-refractivity contribution in [1.82, 2.24) is 20.3 Å². The first-order valence-electron chi connectivity index (χ1n) is 6.24. The smallest absolute Gasteiger partial charge is 0.0964 e. The highest BCUT2D eigenvalue weighted by Gasteiger charge is 2.40. The summed E-state index contributed by atoms with van der Waals surface area (Å²) in [6.07, 6.45) is 6.26. The second kappa shape index (κ2) is 4.72. The van der Waals surface area contributed by atoms with Gasteiger partial charge in [0.15, 0.2) is 0 Å². The largest absolute Gasteiger partial charge is 0.394 e. The van der Waals surface area contributed by atoms with Crippen LogP contribution >= 0.6 is 0 Å². The zero-order valence-electron chi connectivity index (χ0n) is 9.75. The quantitative estimate of drug-likeness (QED) is 0.735. The molecule has 0 saturated carbocycles. The van der Waals surface area contributed by atoms with Crippen LogP contribution in [-0.2, 0) is 17.8 Å². The lowest BCUT2D eigenvalue weighted by atomic mass is 9.95. The number of fused-ring (bicyclic) bond motifs is 2. The fourth-order valence-electron chi connectivity index (χ4n) is 2.72. The molecule has 1 aromatic rings. The first-order valence-corrected chi connectivity index (χ1v) is 6.24. The third kappa shape index (κ3) is 2.34. The van der Waals surface area contributed by atoms with Crippen LogP contribution < -0.4 is 5.32 Å². The van der Waals surface area contributed by atoms with Gasteiger partial charge < -0.3 is 15.2 Å². The van der Waals surface area contributed by atoms with Crippen molar-refractivity contribution in [2.45, 2.75) is 50.6 Å². The van der Waals surface area contributed by atoms with Crippen molar-refractivity contribution in [3.63, 3.8) is 0 Å². The maximum Gasteiger partial charge on any atom is 0.0964 e. The lowest BCUT2D eigenvalue weighted by Crippen LogP contribution is -2.37. The van der Waals surface area contributed by atoms with E-state index < -0.39 is 0 Å². The SMILES string of the molecule is OCCn1cc(CNC2CC3CCC2O3)nn1. The molecule has 6 nitrogen and oxygen atoms in total. The van der Waals surface area contributed by atoms with E-state index >= 15 is 0 Å². The Bertz CT molecular complexity index is 381. The molecule has 0 aliphatic carbocycles. The minimum atomic E-state index is 0.0937. The molecule has 6 heteroatoms. The van der Waals surface area contributed by atoms with Gasteiger partial charge in [-0.25, -0.2) is 4.68 Å². The molecule has 0 aromatic carbocycles. The molecule has 1 aromatic heterocycles. The second-order valence-electron chi connectivity index (χ2n) is 4.79. The summed E-state index contributed by atoms with van der Waals surface area (Å²) >= 11 is 0. The Labute approximate surface area is 100.0 Å². The number of aliphatic hydroxyl groups is 1. The van der Waals surface area contributed by atoms with E-state index in [4.69, 9.17) is 9.84 Å². The van der Waals surface area contributed by atoms with Gasteiger partial charge in [0.1, 0.15) is 0 Å². The van der Waals surface area contributed by atoms with Gasteiger partial charge in [0.05, 0.1) is 31.1 Å². The van der Waals surface area contributed by atoms with Gasteiger partial charge in [0, 0.05) is 18.8 Å². The Morgan fingerprint density at radius 1 is 1.53 bits per heavy atom. The fraction of sp³-hybridized carbons (Fsp3) is 0.818. The molecule has 2 aliphatic heterocycles. The van der Waals surface area contributed by atoms with Gasteiger partial charge in [0.2, 0.25) is 0 Å². The van der Waals surface area contributed by atoms with Gasteiger partial charge in [-0.05, 0) is 19.3 Å². The summed E-state index contributed by atoms with van der Waals surface area (Å²) in [6, 6.07) is 0.469. The highest BCUT2D eigenvalue weighted by atomic mass is 16.5. The van der Waals surface area contributed by atoms with Crippen LogP contribution in [-0.4, -0.2) is 45.0 Å². The number of hydrogen-bond donors (Lipinski definition) is 2. The molecule has 0 spiro atoms. The fourth-order valence-corrected chi connectivity index (χ4v) is 2.72. The Kier molecular flexibility index (Phi) is 3.09. The van der Waals surface area contributed by atoms with E-state index in [2.05, 4.69) is 15.6 Å². The Hall–Kier alpha value is -0.980. The summed E-state index contributed by atoms with van der Waals surface area (Å²) in [6.45, 7) is 1.32. The van der Waals surface area contributed by atoms with Crippen LogP contribution in [0.1, 0.15) is 25.0 Å². The molecule has 2 fully saturated rings. The van der Waals surface area contributed by atoms with Gasteiger partial charge >= 0.3 is 0 Å². The van der Waals surface area contributed by atoms with E-state index in [-0.39, 0.29) is 6.61 Å². The van der Waals surface area contributed by atoms with E-state index in [1.54, 1.807) is 4.68 Å². The summed E-state index contributed by atoms with van der Waals surface area (Å²) < 4.78 is 7.44. The number of aromatic nitrogens is 3. The topological polar surface area (TPSA) is 72.2 Å². The molecule has 3 rings (SSSR count). The molecule has 3 heterocycles.